The van der Waals surface area contributed by atoms with Crippen molar-refractivity contribution in [1.82, 2.24) is 0 Å². The number of hydrogen-bond donors (Lipinski definition) is 1. The first kappa shape index (κ1) is 12.5. The van der Waals surface area contributed by atoms with Gasteiger partial charge < -0.3 is 15.2 Å². The molecule has 1 fully saturated rings. The van der Waals surface area contributed by atoms with E-state index in [1.807, 2.05) is 25.1 Å². The van der Waals surface area contributed by atoms with Crippen molar-refractivity contribution in [2.45, 2.75) is 26.1 Å². The molecule has 3 nitrogen and oxygen atoms in total. The first-order chi connectivity index (χ1) is 8.16. The summed E-state index contributed by atoms with van der Waals surface area (Å²) in [5, 5.41) is 0. The Bertz CT molecular complexity index is 414. The minimum absolute atomic E-state index is 0.240. The molecular formula is C13H17NO2S. The van der Waals surface area contributed by atoms with Crippen LogP contribution in [0.15, 0.2) is 18.2 Å². The number of thiocarbonyl (C=S) groups is 1. The molecule has 4 heteroatoms. The summed E-state index contributed by atoms with van der Waals surface area (Å²) < 4.78 is 11.0. The highest BCUT2D eigenvalue weighted by Crippen LogP contribution is 2.15. The lowest BCUT2D eigenvalue weighted by molar-refractivity contribution is 0.0315. The Morgan fingerprint density at radius 2 is 2.41 bits per heavy atom. The third-order valence-electron chi connectivity index (χ3n) is 2.99. The van der Waals surface area contributed by atoms with Crippen LogP contribution in [-0.4, -0.2) is 24.3 Å². The van der Waals surface area contributed by atoms with E-state index in [-0.39, 0.29) is 6.10 Å². The smallest absolute Gasteiger partial charge is 0.103 e. The topological polar surface area (TPSA) is 44.5 Å². The highest BCUT2D eigenvalue weighted by atomic mass is 32.1. The fourth-order valence-electron chi connectivity index (χ4n) is 1.86. The van der Waals surface area contributed by atoms with Gasteiger partial charge in [0.2, 0.25) is 0 Å². The summed E-state index contributed by atoms with van der Waals surface area (Å²) in [7, 11) is 0. The van der Waals surface area contributed by atoms with Crippen LogP contribution >= 0.6 is 12.2 Å². The van der Waals surface area contributed by atoms with Crippen LogP contribution in [0.1, 0.15) is 23.1 Å². The number of hydrogen-bond acceptors (Lipinski definition) is 3. The van der Waals surface area contributed by atoms with Crippen LogP contribution in [0.3, 0.4) is 0 Å². The Morgan fingerprint density at radius 3 is 3.00 bits per heavy atom. The van der Waals surface area contributed by atoms with Gasteiger partial charge in [-0.25, -0.2) is 0 Å². The Balaban J connectivity index is 1.98. The van der Waals surface area contributed by atoms with Crippen LogP contribution in [0, 0.1) is 6.92 Å². The average Bonchev–Trinajstić information content (AvgIpc) is 2.80. The van der Waals surface area contributed by atoms with Gasteiger partial charge in [-0.15, -0.1) is 0 Å². The molecule has 2 N–H and O–H groups in total. The predicted molar refractivity (Wildman–Crippen MR) is 71.1 cm³/mol. The number of benzene rings is 1. The Morgan fingerprint density at radius 1 is 1.59 bits per heavy atom. The minimum atomic E-state index is 0.240. The summed E-state index contributed by atoms with van der Waals surface area (Å²) >= 11 is 4.95. The molecule has 0 aromatic heterocycles. The molecule has 1 unspecified atom stereocenters. The van der Waals surface area contributed by atoms with Crippen molar-refractivity contribution in [3.05, 3.63) is 34.9 Å². The fraction of sp³-hybridized carbons (Fsp3) is 0.462. The zero-order valence-corrected chi connectivity index (χ0v) is 10.8. The molecule has 1 saturated heterocycles. The molecule has 0 amide bonds. The fourth-order valence-corrected chi connectivity index (χ4v) is 1.99. The second-order valence-corrected chi connectivity index (χ2v) is 4.74. The van der Waals surface area contributed by atoms with Crippen molar-refractivity contribution in [2.24, 2.45) is 5.73 Å². The van der Waals surface area contributed by atoms with Crippen molar-refractivity contribution >= 4 is 17.2 Å². The van der Waals surface area contributed by atoms with Crippen LogP contribution < -0.4 is 5.73 Å². The quantitative estimate of drug-likeness (QED) is 0.831. The number of rotatable bonds is 4. The minimum Gasteiger partial charge on any atom is -0.389 e. The van der Waals surface area contributed by atoms with Crippen LogP contribution in [0.5, 0.6) is 0 Å². The zero-order chi connectivity index (χ0) is 12.3. The second-order valence-electron chi connectivity index (χ2n) is 4.30. The molecule has 0 radical (unpaired) electrons. The summed E-state index contributed by atoms with van der Waals surface area (Å²) in [5.74, 6) is 0. The first-order valence-electron chi connectivity index (χ1n) is 5.75. The molecule has 92 valence electrons. The van der Waals surface area contributed by atoms with Crippen LogP contribution in [0.2, 0.25) is 0 Å². The first-order valence-corrected chi connectivity index (χ1v) is 6.16. The Kier molecular flexibility index (Phi) is 4.10. The van der Waals surface area contributed by atoms with E-state index < -0.39 is 0 Å². The molecule has 0 saturated carbocycles. The molecule has 1 aliphatic rings. The maximum atomic E-state index is 5.78. The summed E-state index contributed by atoms with van der Waals surface area (Å²) in [6.07, 6.45) is 1.23. The molecule has 1 aliphatic heterocycles. The van der Waals surface area contributed by atoms with Gasteiger partial charge in [0.05, 0.1) is 19.3 Å². The van der Waals surface area contributed by atoms with E-state index in [1.54, 1.807) is 0 Å². The highest BCUT2D eigenvalue weighted by Gasteiger charge is 2.16. The molecule has 1 aromatic carbocycles. The van der Waals surface area contributed by atoms with Crippen molar-refractivity contribution in [3.63, 3.8) is 0 Å². The molecule has 17 heavy (non-hydrogen) atoms. The van der Waals surface area contributed by atoms with Gasteiger partial charge in [-0.1, -0.05) is 24.4 Å². The largest absolute Gasteiger partial charge is 0.389 e. The van der Waals surface area contributed by atoms with Gasteiger partial charge in [-0.05, 0) is 30.5 Å². The van der Waals surface area contributed by atoms with Crippen molar-refractivity contribution < 1.29 is 9.47 Å². The van der Waals surface area contributed by atoms with E-state index in [0.717, 1.165) is 24.2 Å². The Labute approximate surface area is 107 Å². The van der Waals surface area contributed by atoms with Crippen molar-refractivity contribution in [1.29, 1.82) is 0 Å². The van der Waals surface area contributed by atoms with Gasteiger partial charge >= 0.3 is 0 Å². The van der Waals surface area contributed by atoms with Crippen molar-refractivity contribution in [3.8, 4) is 0 Å². The maximum Gasteiger partial charge on any atom is 0.103 e. The SMILES string of the molecule is Cc1cc(C(N)=S)ccc1COC1CCOC1. The van der Waals surface area contributed by atoms with Gasteiger partial charge in [0.15, 0.2) is 0 Å². The van der Waals surface area contributed by atoms with E-state index >= 15 is 0 Å². The number of ether oxygens (including phenoxy) is 2. The molecular weight excluding hydrogens is 234 g/mol. The van der Waals surface area contributed by atoms with Gasteiger partial charge in [0.1, 0.15) is 4.99 Å². The molecule has 1 heterocycles. The van der Waals surface area contributed by atoms with E-state index in [2.05, 4.69) is 0 Å². The van der Waals surface area contributed by atoms with E-state index in [0.29, 0.717) is 18.2 Å². The molecule has 0 spiro atoms. The zero-order valence-electron chi connectivity index (χ0n) is 9.94. The molecule has 1 aromatic rings. The van der Waals surface area contributed by atoms with Crippen LogP contribution in [0.4, 0.5) is 0 Å². The maximum absolute atomic E-state index is 5.78. The van der Waals surface area contributed by atoms with Gasteiger partial charge in [0.25, 0.3) is 0 Å². The second kappa shape index (κ2) is 5.58. The van der Waals surface area contributed by atoms with E-state index in [1.165, 1.54) is 5.56 Å². The predicted octanol–water partition coefficient (Wildman–Crippen LogP) is 1.93. The lowest BCUT2D eigenvalue weighted by Crippen LogP contribution is -2.13. The summed E-state index contributed by atoms with van der Waals surface area (Å²) in [6, 6.07) is 5.98. The van der Waals surface area contributed by atoms with Gasteiger partial charge in [-0.2, -0.15) is 0 Å². The lowest BCUT2D eigenvalue weighted by Gasteiger charge is -2.12. The molecule has 0 bridgehead atoms. The van der Waals surface area contributed by atoms with Gasteiger partial charge in [-0.3, -0.25) is 0 Å². The van der Waals surface area contributed by atoms with E-state index in [4.69, 9.17) is 27.4 Å². The monoisotopic (exact) mass is 251 g/mol. The standard InChI is InChI=1S/C13H17NO2S/c1-9-6-10(13(14)17)2-3-11(9)7-16-12-4-5-15-8-12/h2-3,6,12H,4-5,7-8H2,1H3,(H2,14,17). The van der Waals surface area contributed by atoms with Gasteiger partial charge in [0, 0.05) is 12.2 Å². The third-order valence-corrected chi connectivity index (χ3v) is 3.23. The Hall–Kier alpha value is -0.970. The third kappa shape index (κ3) is 3.25. The summed E-state index contributed by atoms with van der Waals surface area (Å²) in [6.45, 7) is 4.19. The summed E-state index contributed by atoms with van der Waals surface area (Å²) in [4.78, 5) is 0.435. The normalized spacial score (nSPS) is 19.5. The van der Waals surface area contributed by atoms with E-state index in [9.17, 15) is 0 Å². The summed E-state index contributed by atoms with van der Waals surface area (Å²) in [5.41, 5.74) is 8.84. The molecule has 0 aliphatic carbocycles. The molecule has 1 atom stereocenters. The highest BCUT2D eigenvalue weighted by molar-refractivity contribution is 7.80. The number of nitrogens with two attached hydrogens (primary N) is 1. The average molecular weight is 251 g/mol. The van der Waals surface area contributed by atoms with Crippen LogP contribution in [-0.2, 0) is 16.1 Å². The van der Waals surface area contributed by atoms with Crippen molar-refractivity contribution in [2.75, 3.05) is 13.2 Å². The molecule has 2 rings (SSSR count). The van der Waals surface area contributed by atoms with Crippen LogP contribution in [0.25, 0.3) is 0 Å². The number of aryl methyl sites for hydroxylation is 1. The lowest BCUT2D eigenvalue weighted by atomic mass is 10.1.